The van der Waals surface area contributed by atoms with Gasteiger partial charge in [-0.1, -0.05) is 0 Å². The van der Waals surface area contributed by atoms with Crippen molar-refractivity contribution >= 4 is 5.91 Å². The molecule has 0 bridgehead atoms. The molecule has 130 valence electrons. The van der Waals surface area contributed by atoms with Gasteiger partial charge in [0.05, 0.1) is 6.54 Å². The van der Waals surface area contributed by atoms with Crippen LogP contribution in [-0.4, -0.2) is 10.5 Å². The van der Waals surface area contributed by atoms with E-state index in [9.17, 15) is 9.18 Å². The summed E-state index contributed by atoms with van der Waals surface area (Å²) in [6.07, 6.45) is 0. The monoisotopic (exact) mass is 342 g/mol. The molecule has 0 unspecified atom stereocenters. The fraction of sp³-hybridized carbons (Fsp3) is 0.211. The Morgan fingerprint density at radius 3 is 2.60 bits per heavy atom. The van der Waals surface area contributed by atoms with Crippen molar-refractivity contribution in [1.29, 1.82) is 0 Å². The third-order valence-corrected chi connectivity index (χ3v) is 3.99. The summed E-state index contributed by atoms with van der Waals surface area (Å²) in [6, 6.07) is 13.0. The van der Waals surface area contributed by atoms with Gasteiger partial charge in [0.15, 0.2) is 5.76 Å². The first-order valence-electron chi connectivity index (χ1n) is 7.89. The Labute approximate surface area is 145 Å². The van der Waals surface area contributed by atoms with Gasteiger partial charge < -0.3 is 19.0 Å². The molecule has 3 aromatic rings. The second-order valence-corrected chi connectivity index (χ2v) is 5.72. The predicted octanol–water partition coefficient (Wildman–Crippen LogP) is 3.57. The summed E-state index contributed by atoms with van der Waals surface area (Å²) < 4.78 is 25.9. The normalized spacial score (nSPS) is 10.7. The largest absolute Gasteiger partial charge is 0.486 e. The van der Waals surface area contributed by atoms with Crippen molar-refractivity contribution in [3.05, 3.63) is 77.3 Å². The molecule has 0 saturated heterocycles. The van der Waals surface area contributed by atoms with Gasteiger partial charge in [0.2, 0.25) is 0 Å². The number of hydrogen-bond donors (Lipinski definition) is 1. The van der Waals surface area contributed by atoms with Gasteiger partial charge in [0, 0.05) is 18.4 Å². The number of furan rings is 1. The van der Waals surface area contributed by atoms with Crippen LogP contribution in [0.3, 0.4) is 0 Å². The van der Waals surface area contributed by atoms with Crippen molar-refractivity contribution in [3.8, 4) is 5.75 Å². The first-order valence-corrected chi connectivity index (χ1v) is 7.89. The van der Waals surface area contributed by atoms with Crippen LogP contribution in [0.2, 0.25) is 0 Å². The number of nitrogens with zero attached hydrogens (tertiary/aromatic N) is 1. The van der Waals surface area contributed by atoms with Crippen molar-refractivity contribution in [2.24, 2.45) is 7.05 Å². The number of halogens is 1. The lowest BCUT2D eigenvalue weighted by atomic mass is 10.3. The molecule has 1 aromatic carbocycles. The van der Waals surface area contributed by atoms with Crippen LogP contribution in [-0.2, 0) is 20.2 Å². The number of aryl methyl sites for hydroxylation is 1. The summed E-state index contributed by atoms with van der Waals surface area (Å²) in [5.74, 6) is 0.667. The standard InChI is InChI=1S/C19H19FN2O3/c1-13-3-6-15(22(13)2)11-21-19(23)18-10-9-17(25-18)12-24-16-7-4-14(20)5-8-16/h3-10H,11-12H2,1-2H3,(H,21,23). The van der Waals surface area contributed by atoms with E-state index in [0.29, 0.717) is 18.1 Å². The van der Waals surface area contributed by atoms with Gasteiger partial charge in [-0.05, 0) is 55.5 Å². The number of ether oxygens (including phenoxy) is 1. The zero-order chi connectivity index (χ0) is 17.8. The molecule has 0 fully saturated rings. The molecular formula is C19H19FN2O3. The molecule has 0 atom stereocenters. The van der Waals surface area contributed by atoms with E-state index in [4.69, 9.17) is 9.15 Å². The molecule has 2 aromatic heterocycles. The van der Waals surface area contributed by atoms with E-state index in [0.717, 1.165) is 11.4 Å². The number of benzene rings is 1. The molecule has 3 rings (SSSR count). The minimum atomic E-state index is -0.322. The Kier molecular flexibility index (Phi) is 4.88. The maximum Gasteiger partial charge on any atom is 0.287 e. The summed E-state index contributed by atoms with van der Waals surface area (Å²) in [7, 11) is 1.95. The maximum absolute atomic E-state index is 12.8. The topological polar surface area (TPSA) is 56.4 Å². The Bertz CT molecular complexity index is 865. The summed E-state index contributed by atoms with van der Waals surface area (Å²) in [5, 5.41) is 2.83. The van der Waals surface area contributed by atoms with Crippen molar-refractivity contribution < 1.29 is 18.3 Å². The van der Waals surface area contributed by atoms with Crippen molar-refractivity contribution in [1.82, 2.24) is 9.88 Å². The van der Waals surface area contributed by atoms with Crippen LogP contribution < -0.4 is 10.1 Å². The van der Waals surface area contributed by atoms with Crippen LogP contribution in [0.5, 0.6) is 5.75 Å². The number of amides is 1. The summed E-state index contributed by atoms with van der Waals surface area (Å²) >= 11 is 0. The SMILES string of the molecule is Cc1ccc(CNC(=O)c2ccc(COc3ccc(F)cc3)o2)n1C. The minimum Gasteiger partial charge on any atom is -0.486 e. The lowest BCUT2D eigenvalue weighted by molar-refractivity contribution is 0.0918. The zero-order valence-electron chi connectivity index (χ0n) is 14.1. The molecule has 0 saturated carbocycles. The summed E-state index contributed by atoms with van der Waals surface area (Å²) in [6.45, 7) is 2.59. The fourth-order valence-electron chi connectivity index (χ4n) is 2.37. The summed E-state index contributed by atoms with van der Waals surface area (Å²) in [4.78, 5) is 12.2. The van der Waals surface area contributed by atoms with Gasteiger partial charge in [0.1, 0.15) is 23.9 Å². The van der Waals surface area contributed by atoms with E-state index in [1.54, 1.807) is 12.1 Å². The highest BCUT2D eigenvalue weighted by Crippen LogP contribution is 2.15. The average molecular weight is 342 g/mol. The molecule has 6 heteroatoms. The lowest BCUT2D eigenvalue weighted by Gasteiger charge is -2.06. The Hall–Kier alpha value is -3.02. The second kappa shape index (κ2) is 7.25. The van der Waals surface area contributed by atoms with Crippen molar-refractivity contribution in [3.63, 3.8) is 0 Å². The van der Waals surface area contributed by atoms with E-state index >= 15 is 0 Å². The van der Waals surface area contributed by atoms with E-state index in [1.165, 1.54) is 24.3 Å². The van der Waals surface area contributed by atoms with Gasteiger partial charge in [-0.25, -0.2) is 4.39 Å². The van der Waals surface area contributed by atoms with E-state index in [-0.39, 0.29) is 24.1 Å². The molecule has 1 amide bonds. The Morgan fingerprint density at radius 1 is 1.16 bits per heavy atom. The van der Waals surface area contributed by atoms with Gasteiger partial charge in [-0.15, -0.1) is 0 Å². The number of hydrogen-bond acceptors (Lipinski definition) is 3. The fourth-order valence-corrected chi connectivity index (χ4v) is 2.37. The first kappa shape index (κ1) is 16.8. The first-order chi connectivity index (χ1) is 12.0. The third-order valence-electron chi connectivity index (χ3n) is 3.99. The van der Waals surface area contributed by atoms with Crippen molar-refractivity contribution in [2.75, 3.05) is 0 Å². The molecule has 0 aliphatic rings. The Balaban J connectivity index is 1.54. The highest BCUT2D eigenvalue weighted by atomic mass is 19.1. The predicted molar refractivity (Wildman–Crippen MR) is 90.8 cm³/mol. The van der Waals surface area contributed by atoms with E-state index < -0.39 is 0 Å². The van der Waals surface area contributed by atoms with Gasteiger partial charge in [-0.2, -0.15) is 0 Å². The maximum atomic E-state index is 12.8. The molecule has 5 nitrogen and oxygen atoms in total. The van der Waals surface area contributed by atoms with Crippen LogP contribution in [0.15, 0.2) is 52.9 Å². The molecule has 0 aliphatic carbocycles. The van der Waals surface area contributed by atoms with Gasteiger partial charge >= 0.3 is 0 Å². The van der Waals surface area contributed by atoms with Crippen LogP contribution >= 0.6 is 0 Å². The van der Waals surface area contributed by atoms with Crippen LogP contribution in [0.1, 0.15) is 27.7 Å². The number of carbonyl (C=O) groups is 1. The molecule has 0 aliphatic heterocycles. The van der Waals surface area contributed by atoms with Crippen LogP contribution in [0.4, 0.5) is 4.39 Å². The molecule has 1 N–H and O–H groups in total. The number of aromatic nitrogens is 1. The zero-order valence-corrected chi connectivity index (χ0v) is 14.1. The summed E-state index contributed by atoms with van der Waals surface area (Å²) in [5.41, 5.74) is 2.14. The molecule has 0 spiro atoms. The van der Waals surface area contributed by atoms with Crippen LogP contribution in [0, 0.1) is 12.7 Å². The quantitative estimate of drug-likeness (QED) is 0.745. The van der Waals surface area contributed by atoms with Crippen LogP contribution in [0.25, 0.3) is 0 Å². The van der Waals surface area contributed by atoms with Crippen molar-refractivity contribution in [2.45, 2.75) is 20.1 Å². The van der Waals surface area contributed by atoms with E-state index in [2.05, 4.69) is 5.32 Å². The highest BCUT2D eigenvalue weighted by molar-refractivity contribution is 5.91. The number of carbonyl (C=O) groups excluding carboxylic acids is 1. The molecule has 2 heterocycles. The Morgan fingerprint density at radius 2 is 1.92 bits per heavy atom. The van der Waals surface area contributed by atoms with E-state index in [1.807, 2.05) is 30.7 Å². The molecule has 0 radical (unpaired) electrons. The van der Waals surface area contributed by atoms with Gasteiger partial charge in [0.25, 0.3) is 5.91 Å². The number of nitrogens with one attached hydrogen (secondary N) is 1. The number of rotatable bonds is 6. The lowest BCUT2D eigenvalue weighted by Crippen LogP contribution is -2.23. The highest BCUT2D eigenvalue weighted by Gasteiger charge is 2.12. The van der Waals surface area contributed by atoms with Gasteiger partial charge in [-0.3, -0.25) is 4.79 Å². The third kappa shape index (κ3) is 4.09. The minimum absolute atomic E-state index is 0.163. The smallest absolute Gasteiger partial charge is 0.287 e. The molecule has 25 heavy (non-hydrogen) atoms. The average Bonchev–Trinajstić information content (AvgIpc) is 3.21. The second-order valence-electron chi connectivity index (χ2n) is 5.72. The molecular weight excluding hydrogens is 323 g/mol.